The van der Waals surface area contributed by atoms with Gasteiger partial charge >= 0.3 is 0 Å². The number of aliphatic hydroxyl groups excluding tert-OH is 2. The first-order chi connectivity index (χ1) is 5.75. The molecule has 0 aliphatic heterocycles. The molecule has 0 fully saturated rings. The van der Waals surface area contributed by atoms with E-state index in [4.69, 9.17) is 5.73 Å². The van der Waals surface area contributed by atoms with Gasteiger partial charge < -0.3 is 15.9 Å². The molecule has 68 valence electrons. The molecule has 0 aliphatic rings. The number of aromatic nitrogens is 2. The molecule has 1 aromatic rings. The van der Waals surface area contributed by atoms with Gasteiger partial charge in [0.25, 0.3) is 0 Å². The molecule has 0 aromatic carbocycles. The normalized spacial score (nSPS) is 15.9. The number of aromatic amines is 1. The van der Waals surface area contributed by atoms with Crippen molar-refractivity contribution in [3.8, 4) is 0 Å². The summed E-state index contributed by atoms with van der Waals surface area (Å²) in [5, 5.41) is 25.0. The van der Waals surface area contributed by atoms with E-state index < -0.39 is 12.2 Å². The van der Waals surface area contributed by atoms with Gasteiger partial charge in [0.15, 0.2) is 0 Å². The number of nitrogens with two attached hydrogens (primary N) is 1. The van der Waals surface area contributed by atoms with E-state index in [-0.39, 0.29) is 0 Å². The lowest BCUT2D eigenvalue weighted by Gasteiger charge is -2.14. The number of hydrogen-bond donors (Lipinski definition) is 4. The molecule has 1 rings (SSSR count). The quantitative estimate of drug-likeness (QED) is 0.474. The molecule has 5 N–H and O–H groups in total. The molecule has 2 unspecified atom stereocenters. The summed E-state index contributed by atoms with van der Waals surface area (Å²) in [5.74, 6) is 0. The summed E-state index contributed by atoms with van der Waals surface area (Å²) in [6.45, 7) is 0.357. The molecule has 1 aromatic heterocycles. The number of H-pyrrole nitrogens is 1. The van der Waals surface area contributed by atoms with Gasteiger partial charge in [-0.2, -0.15) is 5.10 Å². The second-order valence-electron chi connectivity index (χ2n) is 2.62. The molecule has 5 heteroatoms. The maximum Gasteiger partial charge on any atom is 0.108 e. The Labute approximate surface area is 70.2 Å². The van der Waals surface area contributed by atoms with Gasteiger partial charge in [-0.3, -0.25) is 5.10 Å². The summed E-state index contributed by atoms with van der Waals surface area (Å²) >= 11 is 0. The largest absolute Gasteiger partial charge is 0.390 e. The Morgan fingerprint density at radius 3 is 2.83 bits per heavy atom. The van der Waals surface area contributed by atoms with E-state index in [2.05, 4.69) is 10.2 Å². The molecule has 0 bridgehead atoms. The van der Waals surface area contributed by atoms with E-state index in [0.29, 0.717) is 18.5 Å². The van der Waals surface area contributed by atoms with Gasteiger partial charge in [0.1, 0.15) is 6.10 Å². The van der Waals surface area contributed by atoms with Crippen LogP contribution in [0, 0.1) is 0 Å². The number of hydrogen-bond acceptors (Lipinski definition) is 4. The Morgan fingerprint density at radius 2 is 2.33 bits per heavy atom. The summed E-state index contributed by atoms with van der Waals surface area (Å²) in [6, 6.07) is 0. The fraction of sp³-hybridized carbons (Fsp3) is 0.571. The van der Waals surface area contributed by atoms with Crippen LogP contribution in [0.2, 0.25) is 0 Å². The minimum absolute atomic E-state index is 0.357. The van der Waals surface area contributed by atoms with Gasteiger partial charge in [-0.05, 0) is 13.0 Å². The molecule has 0 spiro atoms. The zero-order chi connectivity index (χ0) is 8.97. The van der Waals surface area contributed by atoms with Crippen molar-refractivity contribution in [1.29, 1.82) is 0 Å². The minimum Gasteiger partial charge on any atom is -0.390 e. The van der Waals surface area contributed by atoms with Crippen LogP contribution in [-0.4, -0.2) is 33.1 Å². The first-order valence-electron chi connectivity index (χ1n) is 3.80. The number of nitrogens with one attached hydrogen (secondary N) is 1. The number of rotatable bonds is 4. The Morgan fingerprint density at radius 1 is 1.58 bits per heavy atom. The van der Waals surface area contributed by atoms with Crippen molar-refractivity contribution in [1.82, 2.24) is 10.2 Å². The summed E-state index contributed by atoms with van der Waals surface area (Å²) in [7, 11) is 0. The van der Waals surface area contributed by atoms with E-state index >= 15 is 0 Å². The summed E-state index contributed by atoms with van der Waals surface area (Å²) < 4.78 is 0. The topological polar surface area (TPSA) is 95.2 Å². The second kappa shape index (κ2) is 4.20. The Kier molecular flexibility index (Phi) is 3.21. The lowest BCUT2D eigenvalue weighted by molar-refractivity contribution is 0.0150. The summed E-state index contributed by atoms with van der Waals surface area (Å²) in [5.41, 5.74) is 5.81. The summed E-state index contributed by atoms with van der Waals surface area (Å²) in [6.07, 6.45) is 1.70. The second-order valence-corrected chi connectivity index (χ2v) is 2.62. The smallest absolute Gasteiger partial charge is 0.108 e. The van der Waals surface area contributed by atoms with Gasteiger partial charge in [0.2, 0.25) is 0 Å². The van der Waals surface area contributed by atoms with Gasteiger partial charge in [0.05, 0.1) is 12.3 Å². The van der Waals surface area contributed by atoms with Gasteiger partial charge in [-0.1, -0.05) is 0 Å². The third-order valence-corrected chi connectivity index (χ3v) is 1.69. The number of nitrogens with zero attached hydrogens (tertiary/aromatic N) is 1. The Hall–Kier alpha value is -0.910. The maximum absolute atomic E-state index is 9.44. The highest BCUT2D eigenvalue weighted by atomic mass is 16.3. The van der Waals surface area contributed by atoms with Crippen LogP contribution < -0.4 is 5.73 Å². The van der Waals surface area contributed by atoms with Crippen molar-refractivity contribution < 1.29 is 10.2 Å². The third kappa shape index (κ3) is 2.04. The van der Waals surface area contributed by atoms with Crippen LogP contribution in [0.5, 0.6) is 0 Å². The van der Waals surface area contributed by atoms with Crippen molar-refractivity contribution in [2.75, 3.05) is 6.54 Å². The van der Waals surface area contributed by atoms with Crippen LogP contribution >= 0.6 is 0 Å². The molecular formula is C7H13N3O2. The Bertz CT molecular complexity index is 212. The fourth-order valence-electron chi connectivity index (χ4n) is 0.973. The van der Waals surface area contributed by atoms with E-state index in [9.17, 15) is 10.2 Å². The standard InChI is InChI=1S/C7H13N3O2/c8-2-1-6(11)7(12)5-3-9-10-4-5/h3-4,6-7,11-12H,1-2,8H2,(H,9,10). The van der Waals surface area contributed by atoms with Crippen molar-refractivity contribution in [2.24, 2.45) is 5.73 Å². The van der Waals surface area contributed by atoms with Crippen LogP contribution in [-0.2, 0) is 0 Å². The van der Waals surface area contributed by atoms with E-state index in [1.54, 1.807) is 6.20 Å². The highest BCUT2D eigenvalue weighted by molar-refractivity contribution is 5.08. The molecule has 12 heavy (non-hydrogen) atoms. The molecule has 1 heterocycles. The van der Waals surface area contributed by atoms with E-state index in [0.717, 1.165) is 0 Å². The third-order valence-electron chi connectivity index (χ3n) is 1.69. The van der Waals surface area contributed by atoms with Crippen LogP contribution in [0.3, 0.4) is 0 Å². The maximum atomic E-state index is 9.44. The van der Waals surface area contributed by atoms with E-state index in [1.807, 2.05) is 0 Å². The minimum atomic E-state index is -0.896. The van der Waals surface area contributed by atoms with Crippen molar-refractivity contribution in [2.45, 2.75) is 18.6 Å². The average molecular weight is 171 g/mol. The van der Waals surface area contributed by atoms with Crippen LogP contribution in [0.4, 0.5) is 0 Å². The average Bonchev–Trinajstić information content (AvgIpc) is 2.55. The Balaban J connectivity index is 2.53. The zero-order valence-electron chi connectivity index (χ0n) is 6.64. The first kappa shape index (κ1) is 9.18. The van der Waals surface area contributed by atoms with Crippen LogP contribution in [0.15, 0.2) is 12.4 Å². The molecule has 0 radical (unpaired) electrons. The highest BCUT2D eigenvalue weighted by Crippen LogP contribution is 2.16. The van der Waals surface area contributed by atoms with Crippen LogP contribution in [0.1, 0.15) is 18.1 Å². The summed E-state index contributed by atoms with van der Waals surface area (Å²) in [4.78, 5) is 0. The van der Waals surface area contributed by atoms with Crippen LogP contribution in [0.25, 0.3) is 0 Å². The lowest BCUT2D eigenvalue weighted by atomic mass is 10.1. The molecule has 0 amide bonds. The fourth-order valence-corrected chi connectivity index (χ4v) is 0.973. The van der Waals surface area contributed by atoms with Gasteiger partial charge in [-0.15, -0.1) is 0 Å². The first-order valence-corrected chi connectivity index (χ1v) is 3.80. The predicted octanol–water partition coefficient (Wildman–Crippen LogP) is -0.847. The van der Waals surface area contributed by atoms with Crippen molar-refractivity contribution in [3.63, 3.8) is 0 Å². The lowest BCUT2D eigenvalue weighted by Crippen LogP contribution is -2.21. The van der Waals surface area contributed by atoms with Gasteiger partial charge in [-0.25, -0.2) is 0 Å². The van der Waals surface area contributed by atoms with E-state index in [1.165, 1.54) is 6.20 Å². The van der Waals surface area contributed by atoms with Crippen molar-refractivity contribution in [3.05, 3.63) is 18.0 Å². The zero-order valence-corrected chi connectivity index (χ0v) is 6.64. The number of aliphatic hydroxyl groups is 2. The molecule has 2 atom stereocenters. The molecule has 0 saturated heterocycles. The molecule has 0 saturated carbocycles. The van der Waals surface area contributed by atoms with Crippen molar-refractivity contribution >= 4 is 0 Å². The van der Waals surface area contributed by atoms with Gasteiger partial charge in [0, 0.05) is 11.8 Å². The highest BCUT2D eigenvalue weighted by Gasteiger charge is 2.17. The molecular weight excluding hydrogens is 158 g/mol. The monoisotopic (exact) mass is 171 g/mol. The molecule has 0 aliphatic carbocycles. The SMILES string of the molecule is NCCC(O)C(O)c1cn[nH]c1. The molecule has 5 nitrogen and oxygen atoms in total. The predicted molar refractivity (Wildman–Crippen MR) is 43.2 cm³/mol.